The first-order valence-electron chi connectivity index (χ1n) is 26.2. The average Bonchev–Trinajstić information content (AvgIpc) is 4.12. The van der Waals surface area contributed by atoms with Gasteiger partial charge in [0.15, 0.2) is 0 Å². The fraction of sp³-hybridized carbons (Fsp3) is 0.667. The number of carbonyl (C=O) groups is 4. The molecule has 68 heavy (non-hydrogen) atoms. The molecule has 9 unspecified atom stereocenters. The van der Waals surface area contributed by atoms with E-state index in [2.05, 4.69) is 41.1 Å². The van der Waals surface area contributed by atoms with E-state index in [9.17, 15) is 19.8 Å². The van der Waals surface area contributed by atoms with Gasteiger partial charge in [0, 0.05) is 61.4 Å². The number of allylic oxidation sites excluding steroid dienone is 5. The molecule has 12 rings (SSSR count). The van der Waals surface area contributed by atoms with Gasteiger partial charge in [0.05, 0.1) is 34.2 Å². The van der Waals surface area contributed by atoms with E-state index in [0.717, 1.165) is 117 Å². The predicted octanol–water partition coefficient (Wildman–Crippen LogP) is 7.99. The van der Waals surface area contributed by atoms with E-state index in [1.54, 1.807) is 21.6 Å². The van der Waals surface area contributed by atoms with E-state index in [4.69, 9.17) is 9.47 Å². The minimum Gasteiger partial charge on any atom is -0.427 e. The predicted molar refractivity (Wildman–Crippen MR) is 262 cm³/mol. The minimum atomic E-state index is -0.928. The second-order valence-electron chi connectivity index (χ2n) is 22.0. The number of hydrogen-bond acceptors (Lipinski definition) is 13. The summed E-state index contributed by atoms with van der Waals surface area (Å²) in [4.78, 5) is 58.7. The lowest BCUT2D eigenvalue weighted by Gasteiger charge is -2.58. The molecule has 7 aliphatic carbocycles. The zero-order valence-electron chi connectivity index (χ0n) is 39.8. The van der Waals surface area contributed by atoms with Gasteiger partial charge in [-0.3, -0.25) is 14.5 Å². The Balaban J connectivity index is 1.09. The van der Waals surface area contributed by atoms with Crippen LogP contribution in [-0.2, 0) is 28.7 Å². The van der Waals surface area contributed by atoms with Crippen molar-refractivity contribution in [2.75, 3.05) is 32.1 Å². The Morgan fingerprint density at radius 2 is 1.74 bits per heavy atom. The number of dihydropyridines is 1. The zero-order chi connectivity index (χ0) is 46.9. The quantitative estimate of drug-likeness (QED) is 0.0769. The Morgan fingerprint density at radius 3 is 2.49 bits per heavy atom. The van der Waals surface area contributed by atoms with Crippen LogP contribution in [0.15, 0.2) is 81.2 Å². The molecule has 0 aromatic rings. The Labute approximate surface area is 409 Å². The molecule has 0 aromatic heterocycles. The molecule has 1 spiro atoms. The molecule has 2 amide bonds. The molecule has 1 saturated heterocycles. The summed E-state index contributed by atoms with van der Waals surface area (Å²) in [5, 5.41) is 31.2. The highest BCUT2D eigenvalue weighted by molar-refractivity contribution is 8.76. The third kappa shape index (κ3) is 7.84. The Morgan fingerprint density at radius 1 is 0.941 bits per heavy atom. The van der Waals surface area contributed by atoms with Crippen LogP contribution in [0.25, 0.3) is 0 Å². The standard InChI is InChI=1S/C54H70N4O8S2/c1-3-53(20-4-5-21-53)39-14-12-34-25-37-36-18-22-54(47(37)46-44(34)49(39)66-51(46)63)40-15-13-35(32-10-8-31(9-11-32)7-6-24-59)50(56-27-30(2)60)68-67-29-57-41-26-33(19-23-55-41)38(45(36)48(54)52(64)65-40)28-58-42(61)16-17-43(58)62/h15-17,19,26,30-32,34-38,47,50,55-57,59-60H,3-14,18,20-25,27-29H2,1-2H3. The summed E-state index contributed by atoms with van der Waals surface area (Å²) in [5.74, 6) is 2.11. The van der Waals surface area contributed by atoms with Gasteiger partial charge in [0.25, 0.3) is 11.8 Å². The van der Waals surface area contributed by atoms with E-state index in [-0.39, 0.29) is 77.3 Å². The summed E-state index contributed by atoms with van der Waals surface area (Å²) in [6.07, 6.45) is 25.4. The van der Waals surface area contributed by atoms with Crippen molar-refractivity contribution in [1.29, 1.82) is 0 Å². The van der Waals surface area contributed by atoms with Crippen LogP contribution in [0.5, 0.6) is 0 Å². The van der Waals surface area contributed by atoms with Gasteiger partial charge < -0.3 is 35.6 Å². The monoisotopic (exact) mass is 966 g/mol. The molecule has 12 aliphatic rings. The van der Waals surface area contributed by atoms with Crippen LogP contribution in [0.1, 0.15) is 123 Å². The first-order valence-corrected chi connectivity index (χ1v) is 28.5. The van der Waals surface area contributed by atoms with Crippen molar-refractivity contribution in [3.63, 3.8) is 0 Å². The van der Waals surface area contributed by atoms with E-state index in [0.29, 0.717) is 55.0 Å². The largest absolute Gasteiger partial charge is 0.427 e. The molecule has 3 saturated carbocycles. The lowest BCUT2D eigenvalue weighted by Crippen LogP contribution is -2.55. The number of imide groups is 1. The number of aliphatic hydroxyl groups is 2. The van der Waals surface area contributed by atoms with Crippen LogP contribution in [0.3, 0.4) is 0 Å². The maximum atomic E-state index is 15.3. The van der Waals surface area contributed by atoms with Crippen molar-refractivity contribution in [1.82, 2.24) is 20.9 Å². The van der Waals surface area contributed by atoms with E-state index in [1.165, 1.54) is 35.5 Å². The minimum absolute atomic E-state index is 0.0209. The average molecular weight is 967 g/mol. The van der Waals surface area contributed by atoms with Crippen molar-refractivity contribution in [2.45, 2.75) is 134 Å². The van der Waals surface area contributed by atoms with Crippen molar-refractivity contribution in [2.24, 2.45) is 58.2 Å². The number of hydrogen-bond donors (Lipinski definition) is 5. The number of nitrogens with zero attached hydrogens (tertiary/aromatic N) is 1. The lowest BCUT2D eigenvalue weighted by molar-refractivity contribution is -0.138. The molecule has 14 heteroatoms. The number of nitrogens with one attached hydrogen (secondary N) is 3. The number of carbonyl (C=O) groups excluding carboxylic acids is 4. The molecule has 9 atom stereocenters. The number of esters is 2. The second-order valence-corrected chi connectivity index (χ2v) is 24.5. The second kappa shape index (κ2) is 18.9. The number of ether oxygens (including phenoxy) is 2. The number of rotatable bonds is 11. The first-order chi connectivity index (χ1) is 33.0. The fourth-order valence-electron chi connectivity index (χ4n) is 15.7. The third-order valence-corrected chi connectivity index (χ3v) is 21.3. The molecular weight excluding hydrogens is 897 g/mol. The number of fused-ring (bicyclic) bond motifs is 2. The van der Waals surface area contributed by atoms with Crippen LogP contribution in [0.2, 0.25) is 0 Å². The van der Waals surface area contributed by atoms with Gasteiger partial charge in [0.1, 0.15) is 11.5 Å². The van der Waals surface area contributed by atoms with Gasteiger partial charge in [0.2, 0.25) is 0 Å². The van der Waals surface area contributed by atoms with Crippen molar-refractivity contribution >= 4 is 45.3 Å². The van der Waals surface area contributed by atoms with E-state index in [1.807, 2.05) is 6.92 Å². The highest BCUT2D eigenvalue weighted by Crippen LogP contribution is 2.73. The van der Waals surface area contributed by atoms with Crippen LogP contribution < -0.4 is 16.0 Å². The first kappa shape index (κ1) is 46.8. The van der Waals surface area contributed by atoms with Crippen molar-refractivity contribution in [3.05, 3.63) is 81.2 Å². The summed E-state index contributed by atoms with van der Waals surface area (Å²) in [7, 11) is 3.53. The van der Waals surface area contributed by atoms with E-state index >= 15 is 9.59 Å². The summed E-state index contributed by atoms with van der Waals surface area (Å²) in [6, 6.07) is 0. The summed E-state index contributed by atoms with van der Waals surface area (Å²) in [5.41, 5.74) is 4.93. The smallest absolute Gasteiger partial charge is 0.340 e. The molecule has 5 N–H and O–H groups in total. The fourth-order valence-corrected chi connectivity index (χ4v) is 18.2. The Hall–Kier alpha value is -3.56. The molecule has 0 aromatic carbocycles. The Bertz CT molecular complexity index is 2310. The molecule has 4 fully saturated rings. The van der Waals surface area contributed by atoms with Gasteiger partial charge in [-0.15, -0.1) is 0 Å². The van der Waals surface area contributed by atoms with Crippen LogP contribution in [0, 0.1) is 58.2 Å². The maximum absolute atomic E-state index is 15.3. The van der Waals surface area contributed by atoms with Crippen LogP contribution in [-0.4, -0.2) is 82.5 Å². The highest BCUT2D eigenvalue weighted by atomic mass is 33.1. The van der Waals surface area contributed by atoms with Crippen LogP contribution in [0.4, 0.5) is 0 Å². The van der Waals surface area contributed by atoms with Gasteiger partial charge in [-0.2, -0.15) is 0 Å². The molecule has 0 radical (unpaired) electrons. The van der Waals surface area contributed by atoms with Crippen molar-refractivity contribution in [3.8, 4) is 0 Å². The van der Waals surface area contributed by atoms with Gasteiger partial charge >= 0.3 is 11.9 Å². The Kier molecular flexibility index (Phi) is 13.0. The summed E-state index contributed by atoms with van der Waals surface area (Å²) >= 11 is 0. The molecule has 12 nitrogen and oxygen atoms in total. The molecule has 5 aliphatic heterocycles. The highest BCUT2D eigenvalue weighted by Gasteiger charge is 2.70. The van der Waals surface area contributed by atoms with Crippen molar-refractivity contribution < 1.29 is 38.9 Å². The topological polar surface area (TPSA) is 167 Å². The molecule has 366 valence electrons. The summed E-state index contributed by atoms with van der Waals surface area (Å²) < 4.78 is 13.5. The molecule has 5 heterocycles. The van der Waals surface area contributed by atoms with Gasteiger partial charge in [-0.25, -0.2) is 9.59 Å². The third-order valence-electron chi connectivity index (χ3n) is 18.8. The van der Waals surface area contributed by atoms with Crippen LogP contribution >= 0.6 is 21.6 Å². The summed E-state index contributed by atoms with van der Waals surface area (Å²) in [6.45, 7) is 5.42. The molecular formula is C54H70N4O8S2. The van der Waals surface area contributed by atoms with E-state index < -0.39 is 17.4 Å². The molecule has 7 bridgehead atoms. The van der Waals surface area contributed by atoms with Gasteiger partial charge in [-0.05, 0) is 160 Å². The number of aliphatic hydroxyl groups excluding tert-OH is 2. The number of amides is 2. The van der Waals surface area contributed by atoms with Gasteiger partial charge in [-0.1, -0.05) is 60.3 Å². The zero-order valence-corrected chi connectivity index (χ0v) is 41.5. The maximum Gasteiger partial charge on any atom is 0.340 e. The lowest BCUT2D eigenvalue weighted by atomic mass is 9.42. The SMILES string of the molecule is CCC1(C2=C3OC(=O)C4=C3C(CC2)CC2C3CCC5(C6=CCC(C7CCC(CCCO)CC7)C(NCC(C)O)SSCNC7=CC(=CCN7)C(CN7C(=O)C=CC7=O)C3=C5C(=O)O6)C42)CCCC1. The normalized spacial score (nSPS) is 36.7.